The number of amides is 2. The summed E-state index contributed by atoms with van der Waals surface area (Å²) in [6, 6.07) is 0.357. The van der Waals surface area contributed by atoms with Crippen molar-refractivity contribution in [3.63, 3.8) is 0 Å². The van der Waals surface area contributed by atoms with Crippen LogP contribution < -0.4 is 5.32 Å². The van der Waals surface area contributed by atoms with E-state index >= 15 is 0 Å². The molecule has 5 heteroatoms. The molecule has 3 aliphatic rings. The number of hydrogen-bond donors (Lipinski definition) is 1. The summed E-state index contributed by atoms with van der Waals surface area (Å²) in [4.78, 5) is 27.2. The Kier molecular flexibility index (Phi) is 4.24. The van der Waals surface area contributed by atoms with Crippen molar-refractivity contribution in [2.24, 2.45) is 0 Å². The van der Waals surface area contributed by atoms with E-state index in [0.717, 1.165) is 50.0 Å². The van der Waals surface area contributed by atoms with Gasteiger partial charge in [-0.15, -0.1) is 0 Å². The minimum atomic E-state index is -0.573. The zero-order valence-electron chi connectivity index (χ0n) is 12.0. The maximum Gasteiger partial charge on any atom is 0.248 e. The molecule has 3 fully saturated rings. The SMILES string of the molecule is O=C1CCN(C2CCSCC2)C(=O)C2(CCCCC2)N1. The van der Waals surface area contributed by atoms with E-state index in [1.165, 1.54) is 6.42 Å². The predicted molar refractivity (Wildman–Crippen MR) is 80.6 cm³/mol. The predicted octanol–water partition coefficient (Wildman–Crippen LogP) is 1.93. The van der Waals surface area contributed by atoms with Crippen molar-refractivity contribution < 1.29 is 9.59 Å². The van der Waals surface area contributed by atoms with Crippen LogP contribution in [-0.4, -0.2) is 46.3 Å². The molecule has 2 heterocycles. The third-order valence-electron chi connectivity index (χ3n) is 4.97. The Hall–Kier alpha value is -0.710. The minimum Gasteiger partial charge on any atom is -0.342 e. The lowest BCUT2D eigenvalue weighted by Crippen LogP contribution is -2.59. The number of carbonyl (C=O) groups excluding carboxylic acids is 2. The Balaban J connectivity index is 1.82. The fourth-order valence-electron chi connectivity index (χ4n) is 3.82. The molecule has 0 atom stereocenters. The molecule has 0 aromatic heterocycles. The molecule has 3 rings (SSSR count). The molecular formula is C15H24N2O2S. The van der Waals surface area contributed by atoms with Gasteiger partial charge < -0.3 is 10.2 Å². The molecule has 20 heavy (non-hydrogen) atoms. The van der Waals surface area contributed by atoms with Crippen LogP contribution in [0.15, 0.2) is 0 Å². The van der Waals surface area contributed by atoms with Crippen LogP contribution >= 0.6 is 11.8 Å². The summed E-state index contributed by atoms with van der Waals surface area (Å²) in [6.45, 7) is 0.613. The van der Waals surface area contributed by atoms with Crippen LogP contribution in [0, 0.1) is 0 Å². The first-order valence-corrected chi connectivity index (χ1v) is 9.07. The Morgan fingerprint density at radius 2 is 1.80 bits per heavy atom. The minimum absolute atomic E-state index is 0.0629. The lowest BCUT2D eigenvalue weighted by Gasteiger charge is -2.41. The van der Waals surface area contributed by atoms with Crippen molar-refractivity contribution in [2.75, 3.05) is 18.1 Å². The first-order valence-electron chi connectivity index (χ1n) is 7.91. The largest absolute Gasteiger partial charge is 0.342 e. The van der Waals surface area contributed by atoms with E-state index in [-0.39, 0.29) is 11.8 Å². The van der Waals surface area contributed by atoms with Crippen molar-refractivity contribution >= 4 is 23.6 Å². The number of hydrogen-bond acceptors (Lipinski definition) is 3. The highest BCUT2D eigenvalue weighted by molar-refractivity contribution is 7.99. The van der Waals surface area contributed by atoms with Crippen molar-refractivity contribution in [3.8, 4) is 0 Å². The molecule has 2 aliphatic heterocycles. The third-order valence-corrected chi connectivity index (χ3v) is 6.02. The van der Waals surface area contributed by atoms with Crippen LogP contribution in [0.25, 0.3) is 0 Å². The number of rotatable bonds is 1. The van der Waals surface area contributed by atoms with Gasteiger partial charge in [-0.1, -0.05) is 19.3 Å². The van der Waals surface area contributed by atoms with Crippen molar-refractivity contribution in [1.29, 1.82) is 0 Å². The van der Waals surface area contributed by atoms with E-state index in [9.17, 15) is 9.59 Å². The number of carbonyl (C=O) groups is 2. The molecule has 1 spiro atoms. The van der Waals surface area contributed by atoms with E-state index in [4.69, 9.17) is 0 Å². The van der Waals surface area contributed by atoms with Crippen LogP contribution in [0.3, 0.4) is 0 Å². The van der Waals surface area contributed by atoms with Crippen molar-refractivity contribution in [1.82, 2.24) is 10.2 Å². The standard InChI is InChI=1S/C15H24N2O2S/c18-13-4-9-17(12-5-10-20-11-6-12)14(19)15(16-13)7-2-1-3-8-15/h12H,1-11H2,(H,16,18). The van der Waals surface area contributed by atoms with Gasteiger partial charge in [0.2, 0.25) is 11.8 Å². The second-order valence-corrected chi connectivity index (χ2v) is 7.51. The topological polar surface area (TPSA) is 49.4 Å². The molecule has 1 saturated carbocycles. The van der Waals surface area contributed by atoms with E-state index in [2.05, 4.69) is 5.32 Å². The van der Waals surface area contributed by atoms with E-state index in [1.807, 2.05) is 16.7 Å². The summed E-state index contributed by atoms with van der Waals surface area (Å²) in [5.41, 5.74) is -0.573. The zero-order chi connectivity index (χ0) is 14.0. The Bertz CT molecular complexity index is 387. The number of thioether (sulfide) groups is 1. The average molecular weight is 296 g/mol. The molecule has 0 unspecified atom stereocenters. The molecule has 0 aromatic rings. The molecule has 2 saturated heterocycles. The lowest BCUT2D eigenvalue weighted by atomic mass is 9.80. The highest BCUT2D eigenvalue weighted by atomic mass is 32.2. The smallest absolute Gasteiger partial charge is 0.248 e. The molecule has 0 radical (unpaired) electrons. The van der Waals surface area contributed by atoms with Crippen LogP contribution in [0.1, 0.15) is 51.4 Å². The summed E-state index contributed by atoms with van der Waals surface area (Å²) >= 11 is 1.98. The lowest BCUT2D eigenvalue weighted by molar-refractivity contribution is -0.142. The van der Waals surface area contributed by atoms with Gasteiger partial charge in [0.1, 0.15) is 5.54 Å². The van der Waals surface area contributed by atoms with Crippen molar-refractivity contribution in [3.05, 3.63) is 0 Å². The quantitative estimate of drug-likeness (QED) is 0.804. The van der Waals surface area contributed by atoms with Gasteiger partial charge in [0.15, 0.2) is 0 Å². The fourth-order valence-corrected chi connectivity index (χ4v) is 4.90. The van der Waals surface area contributed by atoms with Gasteiger partial charge in [0.25, 0.3) is 0 Å². The van der Waals surface area contributed by atoms with Crippen LogP contribution in [0.5, 0.6) is 0 Å². The average Bonchev–Trinajstić information content (AvgIpc) is 2.59. The van der Waals surface area contributed by atoms with E-state index in [1.54, 1.807) is 0 Å². The van der Waals surface area contributed by atoms with Gasteiger partial charge >= 0.3 is 0 Å². The summed E-state index contributed by atoms with van der Waals surface area (Å²) in [7, 11) is 0. The molecule has 2 amide bonds. The molecule has 4 nitrogen and oxygen atoms in total. The van der Waals surface area contributed by atoms with Crippen LogP contribution in [0.4, 0.5) is 0 Å². The summed E-state index contributed by atoms with van der Waals surface area (Å²) in [5.74, 6) is 2.55. The first kappa shape index (κ1) is 14.2. The molecule has 0 bridgehead atoms. The van der Waals surface area contributed by atoms with Gasteiger partial charge in [0.05, 0.1) is 0 Å². The monoisotopic (exact) mass is 296 g/mol. The number of nitrogens with one attached hydrogen (secondary N) is 1. The zero-order valence-corrected chi connectivity index (χ0v) is 12.8. The van der Waals surface area contributed by atoms with Gasteiger partial charge in [-0.3, -0.25) is 9.59 Å². The summed E-state index contributed by atoms with van der Waals surface area (Å²) in [6.07, 6.45) is 7.59. The first-order chi connectivity index (χ1) is 9.71. The Morgan fingerprint density at radius 1 is 1.10 bits per heavy atom. The Labute approximate surface area is 125 Å². The molecular weight excluding hydrogens is 272 g/mol. The summed E-state index contributed by atoms with van der Waals surface area (Å²) in [5, 5.41) is 3.08. The van der Waals surface area contributed by atoms with Gasteiger partial charge in [-0.05, 0) is 37.2 Å². The fraction of sp³-hybridized carbons (Fsp3) is 0.867. The Morgan fingerprint density at radius 3 is 2.50 bits per heavy atom. The van der Waals surface area contributed by atoms with Gasteiger partial charge in [-0.25, -0.2) is 0 Å². The maximum absolute atomic E-state index is 13.1. The van der Waals surface area contributed by atoms with Gasteiger partial charge in [-0.2, -0.15) is 11.8 Å². The second-order valence-electron chi connectivity index (χ2n) is 6.28. The maximum atomic E-state index is 13.1. The molecule has 0 aromatic carbocycles. The second kappa shape index (κ2) is 5.96. The van der Waals surface area contributed by atoms with E-state index < -0.39 is 5.54 Å². The van der Waals surface area contributed by atoms with Gasteiger partial charge in [0, 0.05) is 19.0 Å². The number of nitrogens with zero attached hydrogens (tertiary/aromatic N) is 1. The van der Waals surface area contributed by atoms with Crippen LogP contribution in [-0.2, 0) is 9.59 Å². The molecule has 1 aliphatic carbocycles. The highest BCUT2D eigenvalue weighted by Gasteiger charge is 2.46. The normalized spacial score (nSPS) is 28.3. The molecule has 112 valence electrons. The van der Waals surface area contributed by atoms with Crippen LogP contribution in [0.2, 0.25) is 0 Å². The van der Waals surface area contributed by atoms with Crippen molar-refractivity contribution in [2.45, 2.75) is 62.9 Å². The summed E-state index contributed by atoms with van der Waals surface area (Å²) < 4.78 is 0. The third kappa shape index (κ3) is 2.69. The molecule has 1 N–H and O–H groups in total. The highest BCUT2D eigenvalue weighted by Crippen LogP contribution is 2.34. The van der Waals surface area contributed by atoms with E-state index in [0.29, 0.717) is 19.0 Å².